The molecule has 1 amide bonds. The standard InChI is InChI=1S/C13H16ClF2NO3/c1-19-10-6-5-9(8-11(10)20-13(15)16)17-12(18)4-2-3-7-14/h5-6,8,13H,2-4,7H2,1H3,(H,17,18). The number of methoxy groups -OCH3 is 1. The maximum absolute atomic E-state index is 12.3. The second-order valence-corrected chi connectivity index (χ2v) is 4.32. The van der Waals surface area contributed by atoms with Crippen molar-refractivity contribution in [3.05, 3.63) is 18.2 Å². The number of carbonyl (C=O) groups excluding carboxylic acids is 1. The second kappa shape index (κ2) is 8.58. The highest BCUT2D eigenvalue weighted by Gasteiger charge is 2.12. The van der Waals surface area contributed by atoms with Crippen molar-refractivity contribution in [1.29, 1.82) is 0 Å². The molecule has 1 aromatic carbocycles. The summed E-state index contributed by atoms with van der Waals surface area (Å²) in [6.07, 6.45) is 1.74. The normalized spacial score (nSPS) is 10.4. The average molecular weight is 308 g/mol. The van der Waals surface area contributed by atoms with Gasteiger partial charge in [-0.3, -0.25) is 4.79 Å². The van der Waals surface area contributed by atoms with Gasteiger partial charge in [-0.25, -0.2) is 0 Å². The molecule has 0 aliphatic rings. The smallest absolute Gasteiger partial charge is 0.387 e. The highest BCUT2D eigenvalue weighted by Crippen LogP contribution is 2.31. The Morgan fingerprint density at radius 2 is 2.10 bits per heavy atom. The predicted molar refractivity (Wildman–Crippen MR) is 72.8 cm³/mol. The van der Waals surface area contributed by atoms with E-state index in [9.17, 15) is 13.6 Å². The Bertz CT molecular complexity index is 444. The maximum Gasteiger partial charge on any atom is 0.387 e. The van der Waals surface area contributed by atoms with Gasteiger partial charge in [0.2, 0.25) is 5.91 Å². The molecule has 0 aromatic heterocycles. The molecule has 0 unspecified atom stereocenters. The van der Waals surface area contributed by atoms with E-state index in [0.29, 0.717) is 24.4 Å². The zero-order valence-corrected chi connectivity index (χ0v) is 11.8. The monoisotopic (exact) mass is 307 g/mol. The first-order valence-electron chi connectivity index (χ1n) is 6.05. The fourth-order valence-corrected chi connectivity index (χ4v) is 1.74. The number of nitrogens with one attached hydrogen (secondary N) is 1. The number of hydrogen-bond donors (Lipinski definition) is 1. The topological polar surface area (TPSA) is 47.6 Å². The average Bonchev–Trinajstić information content (AvgIpc) is 2.38. The van der Waals surface area contributed by atoms with E-state index in [2.05, 4.69) is 10.1 Å². The van der Waals surface area contributed by atoms with Gasteiger partial charge < -0.3 is 14.8 Å². The van der Waals surface area contributed by atoms with E-state index in [-0.39, 0.29) is 17.4 Å². The molecule has 0 radical (unpaired) electrons. The van der Waals surface area contributed by atoms with E-state index in [0.717, 1.165) is 6.42 Å². The quantitative estimate of drug-likeness (QED) is 0.589. The molecule has 0 fully saturated rings. The number of amides is 1. The Morgan fingerprint density at radius 1 is 1.35 bits per heavy atom. The molecule has 0 atom stereocenters. The summed E-state index contributed by atoms with van der Waals surface area (Å²) in [5.41, 5.74) is 0.373. The Hall–Kier alpha value is -1.56. The minimum absolute atomic E-state index is 0.124. The van der Waals surface area contributed by atoms with Crippen LogP contribution >= 0.6 is 11.6 Å². The molecule has 1 N–H and O–H groups in total. The van der Waals surface area contributed by atoms with Crippen molar-refractivity contribution < 1.29 is 23.0 Å². The summed E-state index contributed by atoms with van der Waals surface area (Å²) >= 11 is 5.51. The molecule has 0 spiro atoms. The van der Waals surface area contributed by atoms with Crippen LogP contribution in [0.1, 0.15) is 19.3 Å². The van der Waals surface area contributed by atoms with Gasteiger partial charge in [0.1, 0.15) is 0 Å². The highest BCUT2D eigenvalue weighted by molar-refractivity contribution is 6.17. The van der Waals surface area contributed by atoms with Gasteiger partial charge in [-0.05, 0) is 25.0 Å². The van der Waals surface area contributed by atoms with Crippen LogP contribution in [0.5, 0.6) is 11.5 Å². The lowest BCUT2D eigenvalue weighted by Crippen LogP contribution is -2.11. The largest absolute Gasteiger partial charge is 0.493 e. The van der Waals surface area contributed by atoms with Crippen LogP contribution in [0, 0.1) is 0 Å². The Kier molecular flexibility index (Phi) is 7.08. The fraction of sp³-hybridized carbons (Fsp3) is 0.462. The third-order valence-electron chi connectivity index (χ3n) is 2.45. The lowest BCUT2D eigenvalue weighted by molar-refractivity contribution is -0.116. The van der Waals surface area contributed by atoms with Crippen molar-refractivity contribution in [2.45, 2.75) is 25.9 Å². The number of hydrogen-bond acceptors (Lipinski definition) is 3. The number of alkyl halides is 3. The van der Waals surface area contributed by atoms with Crippen molar-refractivity contribution in [3.63, 3.8) is 0 Å². The van der Waals surface area contributed by atoms with Gasteiger partial charge in [-0.1, -0.05) is 0 Å². The third kappa shape index (κ3) is 5.61. The van der Waals surface area contributed by atoms with Crippen LogP contribution in [0.15, 0.2) is 18.2 Å². The second-order valence-electron chi connectivity index (χ2n) is 3.94. The molecule has 1 rings (SSSR count). The first-order chi connectivity index (χ1) is 9.56. The van der Waals surface area contributed by atoms with Crippen molar-refractivity contribution in [2.24, 2.45) is 0 Å². The maximum atomic E-state index is 12.3. The van der Waals surface area contributed by atoms with Gasteiger partial charge in [0.15, 0.2) is 11.5 Å². The molecule has 4 nitrogen and oxygen atoms in total. The van der Waals surface area contributed by atoms with Crippen LogP contribution in [0.25, 0.3) is 0 Å². The minimum Gasteiger partial charge on any atom is -0.493 e. The Labute approximate surface area is 121 Å². The van der Waals surface area contributed by atoms with E-state index in [1.807, 2.05) is 0 Å². The van der Waals surface area contributed by atoms with Gasteiger partial charge in [0.25, 0.3) is 0 Å². The molecule has 112 valence electrons. The zero-order chi connectivity index (χ0) is 15.0. The number of halogens is 3. The number of carbonyl (C=O) groups is 1. The van der Waals surface area contributed by atoms with Crippen molar-refractivity contribution in [1.82, 2.24) is 0 Å². The zero-order valence-electron chi connectivity index (χ0n) is 11.0. The minimum atomic E-state index is -2.96. The molecule has 0 heterocycles. The summed E-state index contributed by atoms with van der Waals surface area (Å²) < 4.78 is 33.7. The van der Waals surface area contributed by atoms with Gasteiger partial charge in [-0.15, -0.1) is 11.6 Å². The summed E-state index contributed by atoms with van der Waals surface area (Å²) in [7, 11) is 1.35. The number of ether oxygens (including phenoxy) is 2. The molecule has 0 saturated carbocycles. The highest BCUT2D eigenvalue weighted by atomic mass is 35.5. The van der Waals surface area contributed by atoms with Crippen molar-refractivity contribution in [3.8, 4) is 11.5 Å². The third-order valence-corrected chi connectivity index (χ3v) is 2.72. The van der Waals surface area contributed by atoms with Crippen LogP contribution < -0.4 is 14.8 Å². The van der Waals surface area contributed by atoms with Gasteiger partial charge >= 0.3 is 6.61 Å². The molecular formula is C13H16ClF2NO3. The van der Waals surface area contributed by atoms with E-state index in [1.165, 1.54) is 19.2 Å². The predicted octanol–water partition coefficient (Wildman–Crippen LogP) is 3.64. The lowest BCUT2D eigenvalue weighted by atomic mass is 10.2. The first kappa shape index (κ1) is 16.5. The molecule has 7 heteroatoms. The van der Waals surface area contributed by atoms with Crippen LogP contribution in [0.3, 0.4) is 0 Å². The number of benzene rings is 1. The van der Waals surface area contributed by atoms with Gasteiger partial charge in [0, 0.05) is 24.1 Å². The molecule has 0 saturated heterocycles. The molecule has 0 aliphatic heterocycles. The number of anilines is 1. The molecule has 0 bridgehead atoms. The van der Waals surface area contributed by atoms with Crippen LogP contribution in [0.2, 0.25) is 0 Å². The summed E-state index contributed by atoms with van der Waals surface area (Å²) in [6.45, 7) is -2.96. The molecule has 1 aromatic rings. The SMILES string of the molecule is COc1ccc(NC(=O)CCCCCl)cc1OC(F)F. The van der Waals surface area contributed by atoms with E-state index >= 15 is 0 Å². The summed E-state index contributed by atoms with van der Waals surface area (Å²) in [6, 6.07) is 4.30. The van der Waals surface area contributed by atoms with Crippen LogP contribution in [-0.4, -0.2) is 25.5 Å². The molecular weight excluding hydrogens is 292 g/mol. The number of rotatable bonds is 8. The molecule has 20 heavy (non-hydrogen) atoms. The summed E-state index contributed by atoms with van der Waals surface area (Å²) in [4.78, 5) is 11.6. The summed E-state index contributed by atoms with van der Waals surface area (Å²) in [5.74, 6) is 0.345. The van der Waals surface area contributed by atoms with Crippen molar-refractivity contribution in [2.75, 3.05) is 18.3 Å². The summed E-state index contributed by atoms with van der Waals surface area (Å²) in [5, 5.41) is 2.60. The Morgan fingerprint density at radius 3 is 2.70 bits per heavy atom. The molecule has 0 aliphatic carbocycles. The van der Waals surface area contributed by atoms with Gasteiger partial charge in [-0.2, -0.15) is 8.78 Å². The van der Waals surface area contributed by atoms with Gasteiger partial charge in [0.05, 0.1) is 7.11 Å². The Balaban J connectivity index is 2.68. The van der Waals surface area contributed by atoms with E-state index < -0.39 is 6.61 Å². The first-order valence-corrected chi connectivity index (χ1v) is 6.59. The lowest BCUT2D eigenvalue weighted by Gasteiger charge is -2.12. The van der Waals surface area contributed by atoms with E-state index in [4.69, 9.17) is 16.3 Å². The number of unbranched alkanes of at least 4 members (excludes halogenated alkanes) is 1. The fourth-order valence-electron chi connectivity index (χ4n) is 1.55. The van der Waals surface area contributed by atoms with Crippen LogP contribution in [0.4, 0.5) is 14.5 Å². The van der Waals surface area contributed by atoms with Crippen LogP contribution in [-0.2, 0) is 4.79 Å². The van der Waals surface area contributed by atoms with E-state index in [1.54, 1.807) is 6.07 Å². The van der Waals surface area contributed by atoms with Crippen molar-refractivity contribution >= 4 is 23.2 Å².